The highest BCUT2D eigenvalue weighted by atomic mass is 16.2. The van der Waals surface area contributed by atoms with Crippen molar-refractivity contribution in [2.24, 2.45) is 10.7 Å². The van der Waals surface area contributed by atoms with Crippen LogP contribution in [0.25, 0.3) is 0 Å². The normalized spacial score (nSPS) is 14.9. The van der Waals surface area contributed by atoms with Crippen LogP contribution in [-0.2, 0) is 16.0 Å². The van der Waals surface area contributed by atoms with Gasteiger partial charge < -0.3 is 5.73 Å². The summed E-state index contributed by atoms with van der Waals surface area (Å²) in [5.41, 5.74) is 5.96. The van der Waals surface area contributed by atoms with Crippen LogP contribution in [0.15, 0.2) is 35.3 Å². The van der Waals surface area contributed by atoms with Crippen molar-refractivity contribution in [3.8, 4) is 0 Å². The fourth-order valence-electron chi connectivity index (χ4n) is 1.67. The van der Waals surface area contributed by atoms with Gasteiger partial charge in [0.25, 0.3) is 5.91 Å². The number of imide groups is 1. The van der Waals surface area contributed by atoms with Crippen molar-refractivity contribution in [3.05, 3.63) is 35.9 Å². The third kappa shape index (κ3) is 2.42. The highest BCUT2D eigenvalue weighted by Crippen LogP contribution is 2.10. The summed E-state index contributed by atoms with van der Waals surface area (Å²) in [6.45, 7) is -0.431. The fraction of sp³-hybridized carbons (Fsp3) is 0.167. The summed E-state index contributed by atoms with van der Waals surface area (Å²) in [5.74, 6) is -1.30. The van der Waals surface area contributed by atoms with Crippen molar-refractivity contribution in [2.75, 3.05) is 6.54 Å². The van der Waals surface area contributed by atoms with Gasteiger partial charge in [-0.2, -0.15) is 4.99 Å². The molecule has 1 aliphatic rings. The number of primary amides is 1. The Labute approximate surface area is 103 Å². The Hall–Kier alpha value is -2.50. The average Bonchev–Trinajstić information content (AvgIpc) is 2.58. The molecular weight excluding hydrogens is 234 g/mol. The van der Waals surface area contributed by atoms with E-state index in [1.807, 2.05) is 30.3 Å². The number of rotatable bonds is 4. The number of carbonyl (C=O) groups is 3. The minimum absolute atomic E-state index is 0.132. The molecule has 0 aromatic heterocycles. The van der Waals surface area contributed by atoms with Crippen LogP contribution in [0, 0.1) is 0 Å². The van der Waals surface area contributed by atoms with Gasteiger partial charge in [0.15, 0.2) is 0 Å². The number of benzene rings is 1. The number of hydrogen-bond acceptors (Lipinski definition) is 3. The molecule has 0 fully saturated rings. The van der Waals surface area contributed by atoms with Crippen LogP contribution in [0.1, 0.15) is 5.56 Å². The number of nitrogens with zero attached hydrogens (tertiary/aromatic N) is 2. The summed E-state index contributed by atoms with van der Waals surface area (Å²) < 4.78 is 0. The number of urea groups is 1. The van der Waals surface area contributed by atoms with Crippen molar-refractivity contribution in [1.29, 1.82) is 0 Å². The molecule has 0 unspecified atom stereocenters. The first-order chi connectivity index (χ1) is 8.58. The van der Waals surface area contributed by atoms with E-state index in [0.29, 0.717) is 0 Å². The molecule has 0 saturated heterocycles. The zero-order valence-electron chi connectivity index (χ0n) is 9.50. The predicted octanol–water partition coefficient (Wildman–Crippen LogP) is 0.118. The van der Waals surface area contributed by atoms with Crippen molar-refractivity contribution in [3.63, 3.8) is 0 Å². The number of carbonyl (C=O) groups excluding carboxylic acids is 3. The van der Waals surface area contributed by atoms with E-state index in [1.54, 1.807) is 0 Å². The summed E-state index contributed by atoms with van der Waals surface area (Å²) in [4.78, 5) is 38.4. The van der Waals surface area contributed by atoms with E-state index >= 15 is 0 Å². The van der Waals surface area contributed by atoms with E-state index < -0.39 is 24.4 Å². The van der Waals surface area contributed by atoms with Gasteiger partial charge in [-0.15, -0.1) is 0 Å². The molecule has 1 aromatic carbocycles. The van der Waals surface area contributed by atoms with Crippen molar-refractivity contribution >= 4 is 23.6 Å². The molecule has 6 nitrogen and oxygen atoms in total. The highest BCUT2D eigenvalue weighted by molar-refractivity contribution is 6.46. The van der Waals surface area contributed by atoms with E-state index in [2.05, 4.69) is 4.99 Å². The number of amides is 4. The van der Waals surface area contributed by atoms with Gasteiger partial charge >= 0.3 is 6.03 Å². The second-order valence-corrected chi connectivity index (χ2v) is 3.86. The van der Waals surface area contributed by atoms with E-state index in [9.17, 15) is 14.4 Å². The van der Waals surface area contributed by atoms with E-state index in [-0.39, 0.29) is 12.1 Å². The van der Waals surface area contributed by atoms with Crippen LogP contribution in [0.3, 0.4) is 0 Å². The van der Waals surface area contributed by atoms with Crippen molar-refractivity contribution < 1.29 is 14.4 Å². The van der Waals surface area contributed by atoms with Crippen LogP contribution in [0.5, 0.6) is 0 Å². The first-order valence-corrected chi connectivity index (χ1v) is 5.33. The first kappa shape index (κ1) is 12.0. The Balaban J connectivity index is 2.12. The van der Waals surface area contributed by atoms with Crippen LogP contribution in [-0.4, -0.2) is 35.0 Å². The Morgan fingerprint density at radius 2 is 1.89 bits per heavy atom. The topological polar surface area (TPSA) is 92.8 Å². The molecule has 0 bridgehead atoms. The highest BCUT2D eigenvalue weighted by Gasteiger charge is 2.33. The maximum Gasteiger partial charge on any atom is 0.351 e. The monoisotopic (exact) mass is 245 g/mol. The summed E-state index contributed by atoms with van der Waals surface area (Å²) >= 11 is 0. The molecule has 1 heterocycles. The van der Waals surface area contributed by atoms with Crippen LogP contribution < -0.4 is 5.73 Å². The van der Waals surface area contributed by atoms with Gasteiger partial charge in [-0.3, -0.25) is 9.59 Å². The molecule has 0 atom stereocenters. The molecule has 1 aromatic rings. The van der Waals surface area contributed by atoms with Crippen molar-refractivity contribution in [1.82, 2.24) is 4.90 Å². The fourth-order valence-corrected chi connectivity index (χ4v) is 1.67. The van der Waals surface area contributed by atoms with Gasteiger partial charge in [-0.05, 0) is 5.56 Å². The van der Waals surface area contributed by atoms with Gasteiger partial charge in [0.05, 0.1) is 0 Å². The zero-order chi connectivity index (χ0) is 13.1. The molecule has 2 rings (SSSR count). The minimum Gasteiger partial charge on any atom is -0.368 e. The van der Waals surface area contributed by atoms with E-state index in [1.165, 1.54) is 0 Å². The Morgan fingerprint density at radius 1 is 1.22 bits per heavy atom. The molecular formula is C12H11N3O3. The molecule has 2 N–H and O–H groups in total. The third-order valence-corrected chi connectivity index (χ3v) is 2.48. The van der Waals surface area contributed by atoms with Crippen molar-refractivity contribution in [2.45, 2.75) is 6.42 Å². The largest absolute Gasteiger partial charge is 0.368 e. The molecule has 0 aliphatic carbocycles. The SMILES string of the molecule is NC(=O)CN1C(=O)N=C(Cc2ccccc2)C1=O. The number of hydrogen-bond donors (Lipinski definition) is 1. The molecule has 0 saturated carbocycles. The molecule has 18 heavy (non-hydrogen) atoms. The predicted molar refractivity (Wildman–Crippen MR) is 63.9 cm³/mol. The summed E-state index contributed by atoms with van der Waals surface area (Å²) in [6.07, 6.45) is 0.265. The van der Waals surface area contributed by atoms with Gasteiger partial charge in [0.2, 0.25) is 5.91 Å². The van der Waals surface area contributed by atoms with Gasteiger partial charge in [-0.25, -0.2) is 9.69 Å². The van der Waals surface area contributed by atoms with E-state index in [4.69, 9.17) is 5.73 Å². The Kier molecular flexibility index (Phi) is 3.18. The lowest BCUT2D eigenvalue weighted by atomic mass is 10.1. The number of aliphatic imine (C=N–C) groups is 1. The summed E-state index contributed by atoms with van der Waals surface area (Å²) in [5, 5.41) is 0. The van der Waals surface area contributed by atoms with Crippen LogP contribution >= 0.6 is 0 Å². The quantitative estimate of drug-likeness (QED) is 0.816. The second-order valence-electron chi connectivity index (χ2n) is 3.86. The smallest absolute Gasteiger partial charge is 0.351 e. The molecule has 0 spiro atoms. The molecule has 92 valence electrons. The zero-order valence-corrected chi connectivity index (χ0v) is 9.50. The molecule has 6 heteroatoms. The summed E-state index contributed by atoms with van der Waals surface area (Å²) in [6, 6.07) is 8.45. The average molecular weight is 245 g/mol. The molecule has 0 radical (unpaired) electrons. The number of nitrogens with two attached hydrogens (primary N) is 1. The molecule has 1 aliphatic heterocycles. The maximum absolute atomic E-state index is 11.8. The Bertz CT molecular complexity index is 537. The lowest BCUT2D eigenvalue weighted by Crippen LogP contribution is -2.39. The maximum atomic E-state index is 11.8. The van der Waals surface area contributed by atoms with Gasteiger partial charge in [0.1, 0.15) is 12.3 Å². The third-order valence-electron chi connectivity index (χ3n) is 2.48. The standard InChI is InChI=1S/C12H11N3O3/c13-10(16)7-15-11(17)9(14-12(15)18)6-8-4-2-1-3-5-8/h1-5H,6-7H2,(H2,13,16). The lowest BCUT2D eigenvalue weighted by molar-refractivity contribution is -0.126. The van der Waals surface area contributed by atoms with Crippen LogP contribution in [0.2, 0.25) is 0 Å². The summed E-state index contributed by atoms with van der Waals surface area (Å²) in [7, 11) is 0. The van der Waals surface area contributed by atoms with Gasteiger partial charge in [-0.1, -0.05) is 30.3 Å². The van der Waals surface area contributed by atoms with Crippen LogP contribution in [0.4, 0.5) is 4.79 Å². The molecule has 4 amide bonds. The lowest BCUT2D eigenvalue weighted by Gasteiger charge is -2.09. The Morgan fingerprint density at radius 3 is 2.50 bits per heavy atom. The first-order valence-electron chi connectivity index (χ1n) is 5.33. The van der Waals surface area contributed by atoms with Gasteiger partial charge in [0, 0.05) is 6.42 Å². The second kappa shape index (κ2) is 4.79. The minimum atomic E-state index is -0.743. The van der Waals surface area contributed by atoms with E-state index in [0.717, 1.165) is 10.5 Å².